The van der Waals surface area contributed by atoms with Crippen LogP contribution >= 0.6 is 11.6 Å². The number of carbonyl (C=O) groups is 1. The Morgan fingerprint density at radius 3 is 2.68 bits per heavy atom. The fraction of sp³-hybridized carbons (Fsp3) is 0.632. The number of amides is 2. The van der Waals surface area contributed by atoms with Crippen molar-refractivity contribution in [1.29, 1.82) is 0 Å². The second-order valence-electron chi connectivity index (χ2n) is 7.45. The van der Waals surface area contributed by atoms with Gasteiger partial charge in [-0.05, 0) is 63.0 Å². The predicted octanol–water partition coefficient (Wildman–Crippen LogP) is 3.14. The highest BCUT2D eigenvalue weighted by molar-refractivity contribution is 6.30. The number of nitrogens with one attached hydrogen (secondary N) is 1. The third-order valence-electron chi connectivity index (χ3n) is 5.33. The summed E-state index contributed by atoms with van der Waals surface area (Å²) in [5, 5.41) is 3.70. The molecule has 2 amide bonds. The Morgan fingerprint density at radius 1 is 1.24 bits per heavy atom. The van der Waals surface area contributed by atoms with Crippen LogP contribution in [0, 0.1) is 12.8 Å². The molecule has 138 valence electrons. The van der Waals surface area contributed by atoms with Gasteiger partial charge in [0.1, 0.15) is 0 Å². The van der Waals surface area contributed by atoms with Gasteiger partial charge in [-0.15, -0.1) is 0 Å². The van der Waals surface area contributed by atoms with Crippen LogP contribution in [0.3, 0.4) is 0 Å². The van der Waals surface area contributed by atoms with Gasteiger partial charge in [-0.25, -0.2) is 4.79 Å². The van der Waals surface area contributed by atoms with Crippen LogP contribution in [-0.4, -0.2) is 73.6 Å². The first kappa shape index (κ1) is 18.5. The van der Waals surface area contributed by atoms with Gasteiger partial charge in [-0.3, -0.25) is 4.90 Å². The number of nitrogens with zero attached hydrogens (tertiary/aromatic N) is 3. The molecule has 2 heterocycles. The number of aryl methyl sites for hydroxylation is 1. The number of likely N-dealkylation sites (tertiary alicyclic amines) is 1. The van der Waals surface area contributed by atoms with Crippen molar-refractivity contribution < 1.29 is 4.79 Å². The molecule has 0 unspecified atom stereocenters. The van der Waals surface area contributed by atoms with Crippen molar-refractivity contribution in [2.45, 2.75) is 19.8 Å². The van der Waals surface area contributed by atoms with Crippen molar-refractivity contribution in [1.82, 2.24) is 14.7 Å². The van der Waals surface area contributed by atoms with E-state index in [4.69, 9.17) is 11.6 Å². The third-order valence-corrected chi connectivity index (χ3v) is 5.56. The topological polar surface area (TPSA) is 38.8 Å². The molecule has 1 atom stereocenters. The third kappa shape index (κ3) is 5.09. The molecule has 0 bridgehead atoms. The minimum Gasteiger partial charge on any atom is -0.322 e. The average molecular weight is 365 g/mol. The summed E-state index contributed by atoms with van der Waals surface area (Å²) < 4.78 is 0. The number of urea groups is 1. The van der Waals surface area contributed by atoms with Crippen LogP contribution in [0.5, 0.6) is 0 Å². The SMILES string of the molecule is Cc1cc(Cl)ccc1NC(=O)N1CCN(C[C@@H]2CCCN(C)C2)CC1. The monoisotopic (exact) mass is 364 g/mol. The van der Waals surface area contributed by atoms with Crippen molar-refractivity contribution in [2.24, 2.45) is 5.92 Å². The lowest BCUT2D eigenvalue weighted by Gasteiger charge is -2.38. The summed E-state index contributed by atoms with van der Waals surface area (Å²) in [6.45, 7) is 9.07. The Labute approximate surface area is 155 Å². The van der Waals surface area contributed by atoms with Gasteiger partial charge in [-0.2, -0.15) is 0 Å². The molecule has 2 fully saturated rings. The normalized spacial score (nSPS) is 22.8. The van der Waals surface area contributed by atoms with Crippen LogP contribution in [0.15, 0.2) is 18.2 Å². The zero-order valence-electron chi connectivity index (χ0n) is 15.3. The maximum absolute atomic E-state index is 12.5. The van der Waals surface area contributed by atoms with E-state index in [1.54, 1.807) is 0 Å². The molecule has 0 spiro atoms. The lowest BCUT2D eigenvalue weighted by atomic mass is 9.97. The number of hydrogen-bond acceptors (Lipinski definition) is 3. The van der Waals surface area contributed by atoms with Crippen LogP contribution in [0.2, 0.25) is 5.02 Å². The number of benzene rings is 1. The summed E-state index contributed by atoms with van der Waals surface area (Å²) in [7, 11) is 2.22. The van der Waals surface area contributed by atoms with Gasteiger partial charge < -0.3 is 15.1 Å². The van der Waals surface area contributed by atoms with E-state index in [2.05, 4.69) is 22.2 Å². The maximum Gasteiger partial charge on any atom is 0.321 e. The number of rotatable bonds is 3. The van der Waals surface area contributed by atoms with E-state index in [9.17, 15) is 4.79 Å². The number of halogens is 1. The van der Waals surface area contributed by atoms with E-state index in [1.165, 1.54) is 25.9 Å². The average Bonchev–Trinajstić information content (AvgIpc) is 2.58. The Morgan fingerprint density at radius 2 is 2.00 bits per heavy atom. The Kier molecular flexibility index (Phi) is 6.20. The molecule has 0 radical (unpaired) electrons. The lowest BCUT2D eigenvalue weighted by molar-refractivity contribution is 0.109. The molecule has 25 heavy (non-hydrogen) atoms. The van der Waals surface area contributed by atoms with Crippen LogP contribution < -0.4 is 5.32 Å². The predicted molar refractivity (Wildman–Crippen MR) is 103 cm³/mol. The van der Waals surface area contributed by atoms with Crippen LogP contribution in [0.4, 0.5) is 10.5 Å². The van der Waals surface area contributed by atoms with E-state index >= 15 is 0 Å². The second kappa shape index (κ2) is 8.39. The van der Waals surface area contributed by atoms with Gasteiger partial charge in [0.2, 0.25) is 0 Å². The van der Waals surface area contributed by atoms with Crippen molar-refractivity contribution in [3.05, 3.63) is 28.8 Å². The van der Waals surface area contributed by atoms with E-state index in [-0.39, 0.29) is 6.03 Å². The fourth-order valence-corrected chi connectivity index (χ4v) is 4.11. The number of hydrogen-bond donors (Lipinski definition) is 1. The van der Waals surface area contributed by atoms with Gasteiger partial charge >= 0.3 is 6.03 Å². The quantitative estimate of drug-likeness (QED) is 0.895. The summed E-state index contributed by atoms with van der Waals surface area (Å²) in [6, 6.07) is 5.54. The summed E-state index contributed by atoms with van der Waals surface area (Å²) in [5.41, 5.74) is 1.82. The van der Waals surface area contributed by atoms with Gasteiger partial charge in [0.15, 0.2) is 0 Å². The second-order valence-corrected chi connectivity index (χ2v) is 7.88. The molecular weight excluding hydrogens is 336 g/mol. The number of piperidine rings is 1. The lowest BCUT2D eigenvalue weighted by Crippen LogP contribution is -2.51. The molecule has 6 heteroatoms. The van der Waals surface area contributed by atoms with Crippen molar-refractivity contribution >= 4 is 23.3 Å². The highest BCUT2D eigenvalue weighted by Crippen LogP contribution is 2.21. The number of carbonyl (C=O) groups excluding carboxylic acids is 1. The van der Waals surface area contributed by atoms with E-state index in [1.807, 2.05) is 30.0 Å². The molecular formula is C19H29ClN4O. The molecule has 2 saturated heterocycles. The summed E-state index contributed by atoms with van der Waals surface area (Å²) in [4.78, 5) is 19.4. The fourth-order valence-electron chi connectivity index (χ4n) is 3.88. The first-order valence-electron chi connectivity index (χ1n) is 9.24. The molecule has 3 rings (SSSR count). The van der Waals surface area contributed by atoms with Crippen LogP contribution in [0.1, 0.15) is 18.4 Å². The minimum absolute atomic E-state index is 0.0116. The van der Waals surface area contributed by atoms with Crippen LogP contribution in [0.25, 0.3) is 0 Å². The largest absolute Gasteiger partial charge is 0.322 e. The van der Waals surface area contributed by atoms with Crippen LogP contribution in [-0.2, 0) is 0 Å². The molecule has 1 aromatic rings. The Hall–Kier alpha value is -1.30. The Bertz CT molecular complexity index is 601. The van der Waals surface area contributed by atoms with E-state index < -0.39 is 0 Å². The Balaban J connectivity index is 1.46. The van der Waals surface area contributed by atoms with Gasteiger partial charge in [0.25, 0.3) is 0 Å². The molecule has 1 N–H and O–H groups in total. The summed E-state index contributed by atoms with van der Waals surface area (Å²) in [6.07, 6.45) is 2.64. The van der Waals surface area contributed by atoms with E-state index in [0.29, 0.717) is 5.02 Å². The summed E-state index contributed by atoms with van der Waals surface area (Å²) >= 11 is 5.98. The van der Waals surface area contributed by atoms with E-state index in [0.717, 1.165) is 49.9 Å². The summed E-state index contributed by atoms with van der Waals surface area (Å²) in [5.74, 6) is 0.774. The molecule has 0 saturated carbocycles. The maximum atomic E-state index is 12.5. The van der Waals surface area contributed by atoms with Crippen molar-refractivity contribution in [3.8, 4) is 0 Å². The smallest absolute Gasteiger partial charge is 0.321 e. The minimum atomic E-state index is -0.0116. The zero-order valence-corrected chi connectivity index (χ0v) is 16.1. The standard InChI is InChI=1S/C19H29ClN4O/c1-15-12-17(20)5-6-18(15)21-19(25)24-10-8-23(9-11-24)14-16-4-3-7-22(2)13-16/h5-6,12,16H,3-4,7-11,13-14H2,1-2H3,(H,21,25)/t16-/m1/s1. The molecule has 2 aliphatic rings. The van der Waals surface area contributed by atoms with Gasteiger partial charge in [0, 0.05) is 50.0 Å². The van der Waals surface area contributed by atoms with Crippen molar-refractivity contribution in [2.75, 3.05) is 58.2 Å². The first-order chi connectivity index (χ1) is 12.0. The van der Waals surface area contributed by atoms with Crippen molar-refractivity contribution in [3.63, 3.8) is 0 Å². The zero-order chi connectivity index (χ0) is 17.8. The molecule has 0 aliphatic carbocycles. The first-order valence-corrected chi connectivity index (χ1v) is 9.62. The van der Waals surface area contributed by atoms with Gasteiger partial charge in [-0.1, -0.05) is 11.6 Å². The molecule has 0 aromatic heterocycles. The highest BCUT2D eigenvalue weighted by Gasteiger charge is 2.25. The molecule has 2 aliphatic heterocycles. The molecule has 5 nitrogen and oxygen atoms in total. The number of anilines is 1. The molecule has 1 aromatic carbocycles. The number of piperazine rings is 1. The highest BCUT2D eigenvalue weighted by atomic mass is 35.5. The van der Waals surface area contributed by atoms with Gasteiger partial charge in [0.05, 0.1) is 0 Å².